The summed E-state index contributed by atoms with van der Waals surface area (Å²) < 4.78 is 0. The number of rotatable bonds is 12. The van der Waals surface area contributed by atoms with Gasteiger partial charge in [0.15, 0.2) is 0 Å². The van der Waals surface area contributed by atoms with E-state index in [0.29, 0.717) is 12.8 Å². The molecule has 26 heavy (non-hydrogen) atoms. The van der Waals surface area contributed by atoms with Crippen LogP contribution in [-0.4, -0.2) is 17.9 Å². The molecular formula is C22H34N2O2. The van der Waals surface area contributed by atoms with Gasteiger partial charge in [-0.2, -0.15) is 0 Å². The highest BCUT2D eigenvalue weighted by Crippen LogP contribution is 2.24. The summed E-state index contributed by atoms with van der Waals surface area (Å²) in [6.45, 7) is 2.24. The van der Waals surface area contributed by atoms with Crippen molar-refractivity contribution >= 4 is 11.8 Å². The first kappa shape index (κ1) is 20.5. The topological polar surface area (TPSA) is 58.2 Å². The molecule has 1 aliphatic rings. The Morgan fingerprint density at radius 1 is 1.00 bits per heavy atom. The molecule has 0 bridgehead atoms. The number of nitrogens with one attached hydrogen (secondary N) is 2. The van der Waals surface area contributed by atoms with E-state index >= 15 is 0 Å². The highest BCUT2D eigenvalue weighted by Gasteiger charge is 2.33. The van der Waals surface area contributed by atoms with Gasteiger partial charge in [0.05, 0.1) is 6.04 Å². The lowest BCUT2D eigenvalue weighted by Gasteiger charge is -2.11. The summed E-state index contributed by atoms with van der Waals surface area (Å²) in [5, 5.41) is 5.88. The van der Waals surface area contributed by atoms with Crippen molar-refractivity contribution in [3.63, 3.8) is 0 Å². The monoisotopic (exact) mass is 358 g/mol. The van der Waals surface area contributed by atoms with Gasteiger partial charge in [-0.15, -0.1) is 0 Å². The summed E-state index contributed by atoms with van der Waals surface area (Å²) in [5.41, 5.74) is 1.09. The average Bonchev–Trinajstić information content (AvgIpc) is 3.01. The second-order valence-corrected chi connectivity index (χ2v) is 7.41. The molecule has 1 fully saturated rings. The van der Waals surface area contributed by atoms with E-state index in [1.807, 2.05) is 30.3 Å². The molecule has 1 heterocycles. The third-order valence-corrected chi connectivity index (χ3v) is 5.15. The van der Waals surface area contributed by atoms with Crippen LogP contribution >= 0.6 is 0 Å². The predicted octanol–water partition coefficient (Wildman–Crippen LogP) is 4.65. The lowest BCUT2D eigenvalue weighted by molar-refractivity contribution is -0.127. The van der Waals surface area contributed by atoms with Crippen LogP contribution in [0.4, 0.5) is 0 Å². The zero-order valence-corrected chi connectivity index (χ0v) is 16.1. The Hall–Kier alpha value is -1.84. The van der Waals surface area contributed by atoms with Gasteiger partial charge in [-0.3, -0.25) is 9.59 Å². The second kappa shape index (κ2) is 11.7. The number of carbonyl (C=O) groups excluding carboxylic acids is 2. The van der Waals surface area contributed by atoms with Crippen molar-refractivity contribution < 1.29 is 9.59 Å². The molecule has 1 aromatic rings. The fourth-order valence-electron chi connectivity index (χ4n) is 3.57. The van der Waals surface area contributed by atoms with Gasteiger partial charge in [0.25, 0.3) is 0 Å². The third kappa shape index (κ3) is 7.19. The summed E-state index contributed by atoms with van der Waals surface area (Å²) in [4.78, 5) is 24.2. The van der Waals surface area contributed by atoms with Crippen molar-refractivity contribution in [1.29, 1.82) is 0 Å². The van der Waals surface area contributed by atoms with Gasteiger partial charge in [-0.1, -0.05) is 88.6 Å². The number of amides is 2. The molecule has 1 saturated heterocycles. The maximum Gasteiger partial charge on any atom is 0.243 e. The Kier molecular flexibility index (Phi) is 9.22. The highest BCUT2D eigenvalue weighted by molar-refractivity contribution is 5.89. The minimum absolute atomic E-state index is 0.00158. The van der Waals surface area contributed by atoms with E-state index in [0.717, 1.165) is 18.4 Å². The van der Waals surface area contributed by atoms with Crippen molar-refractivity contribution in [1.82, 2.24) is 10.6 Å². The number of carbonyl (C=O) groups is 2. The van der Waals surface area contributed by atoms with E-state index in [9.17, 15) is 9.59 Å². The van der Waals surface area contributed by atoms with Crippen molar-refractivity contribution in [3.8, 4) is 0 Å². The van der Waals surface area contributed by atoms with E-state index in [2.05, 4.69) is 17.6 Å². The van der Waals surface area contributed by atoms with Crippen LogP contribution < -0.4 is 10.6 Å². The molecule has 4 nitrogen and oxygen atoms in total. The van der Waals surface area contributed by atoms with E-state index in [1.165, 1.54) is 44.9 Å². The van der Waals surface area contributed by atoms with Gasteiger partial charge in [-0.05, 0) is 12.0 Å². The molecule has 1 aliphatic heterocycles. The molecule has 4 heteroatoms. The second-order valence-electron chi connectivity index (χ2n) is 7.41. The summed E-state index contributed by atoms with van der Waals surface area (Å²) >= 11 is 0. The summed E-state index contributed by atoms with van der Waals surface area (Å²) in [6.07, 6.45) is 12.3. The Labute approximate surface area is 158 Å². The molecule has 0 saturated carbocycles. The molecular weight excluding hydrogens is 324 g/mol. The quantitative estimate of drug-likeness (QED) is 0.534. The van der Waals surface area contributed by atoms with E-state index in [1.54, 1.807) is 0 Å². The minimum atomic E-state index is -0.397. The normalized spacial score (nSPS) is 19.3. The third-order valence-electron chi connectivity index (χ3n) is 5.15. The van der Waals surface area contributed by atoms with Gasteiger partial charge >= 0.3 is 0 Å². The molecule has 0 unspecified atom stereocenters. The lowest BCUT2D eigenvalue weighted by Crippen LogP contribution is -2.40. The van der Waals surface area contributed by atoms with Crippen molar-refractivity contribution in [2.75, 3.05) is 0 Å². The van der Waals surface area contributed by atoms with Crippen molar-refractivity contribution in [2.45, 2.75) is 89.6 Å². The Morgan fingerprint density at radius 3 is 2.27 bits per heavy atom. The molecule has 2 amide bonds. The van der Waals surface area contributed by atoms with Crippen LogP contribution in [0.15, 0.2) is 30.3 Å². The number of unbranched alkanes of at least 4 members (excludes halogenated alkanes) is 8. The first-order valence-corrected chi connectivity index (χ1v) is 10.4. The van der Waals surface area contributed by atoms with Gasteiger partial charge in [0.2, 0.25) is 11.8 Å². The molecule has 2 rings (SSSR count). The Morgan fingerprint density at radius 2 is 1.62 bits per heavy atom. The van der Waals surface area contributed by atoms with Gasteiger partial charge in [-0.25, -0.2) is 0 Å². The minimum Gasteiger partial charge on any atom is -0.347 e. The van der Waals surface area contributed by atoms with Crippen LogP contribution in [0.1, 0.15) is 89.2 Å². The van der Waals surface area contributed by atoms with E-state index in [4.69, 9.17) is 0 Å². The molecule has 2 N–H and O–H groups in total. The standard InChI is InChI=1S/C22H34N2O2/c1-2-3-4-5-6-7-8-9-13-16-21(25)23-20-17-19(24-22(20)26)18-14-11-10-12-15-18/h10-12,14-15,19-20H,2-9,13,16-17H2,1H3,(H,23,25)(H,24,26)/t19-,20+/m0/s1. The van der Waals surface area contributed by atoms with Crippen LogP contribution in [0.25, 0.3) is 0 Å². The largest absolute Gasteiger partial charge is 0.347 e. The number of benzene rings is 1. The first-order valence-electron chi connectivity index (χ1n) is 10.4. The Balaban J connectivity index is 1.56. The Bertz CT molecular complexity index is 544. The molecule has 0 aliphatic carbocycles. The molecule has 144 valence electrons. The van der Waals surface area contributed by atoms with E-state index in [-0.39, 0.29) is 17.9 Å². The maximum absolute atomic E-state index is 12.1. The highest BCUT2D eigenvalue weighted by atomic mass is 16.2. The van der Waals surface area contributed by atoms with Gasteiger partial charge in [0, 0.05) is 12.8 Å². The van der Waals surface area contributed by atoms with Gasteiger partial charge in [0.1, 0.15) is 6.04 Å². The maximum atomic E-state index is 12.1. The summed E-state index contributed by atoms with van der Waals surface area (Å²) in [7, 11) is 0. The van der Waals surface area contributed by atoms with Crippen LogP contribution in [0.3, 0.4) is 0 Å². The zero-order chi connectivity index (χ0) is 18.6. The zero-order valence-electron chi connectivity index (χ0n) is 16.1. The molecule has 2 atom stereocenters. The molecule has 0 spiro atoms. The smallest absolute Gasteiger partial charge is 0.243 e. The van der Waals surface area contributed by atoms with Crippen molar-refractivity contribution in [3.05, 3.63) is 35.9 Å². The molecule has 1 aromatic carbocycles. The first-order chi connectivity index (χ1) is 12.7. The van der Waals surface area contributed by atoms with Crippen LogP contribution in [0, 0.1) is 0 Å². The summed E-state index contributed by atoms with van der Waals surface area (Å²) in [6, 6.07) is 9.53. The number of hydrogen-bond acceptors (Lipinski definition) is 2. The SMILES string of the molecule is CCCCCCCCCCCC(=O)N[C@@H]1C[C@@H](c2ccccc2)NC1=O. The predicted molar refractivity (Wildman–Crippen MR) is 106 cm³/mol. The van der Waals surface area contributed by atoms with Crippen LogP contribution in [-0.2, 0) is 9.59 Å². The fraction of sp³-hybridized carbons (Fsp3) is 0.636. The van der Waals surface area contributed by atoms with Crippen LogP contribution in [0.2, 0.25) is 0 Å². The van der Waals surface area contributed by atoms with Crippen LogP contribution in [0.5, 0.6) is 0 Å². The lowest BCUT2D eigenvalue weighted by atomic mass is 10.0. The molecule has 0 aromatic heterocycles. The van der Waals surface area contributed by atoms with E-state index < -0.39 is 6.04 Å². The fourth-order valence-corrected chi connectivity index (χ4v) is 3.57. The number of hydrogen-bond donors (Lipinski definition) is 2. The summed E-state index contributed by atoms with van der Waals surface area (Å²) in [5.74, 6) is -0.0684. The molecule has 0 radical (unpaired) electrons. The van der Waals surface area contributed by atoms with Crippen molar-refractivity contribution in [2.24, 2.45) is 0 Å². The average molecular weight is 359 g/mol. The van der Waals surface area contributed by atoms with Gasteiger partial charge < -0.3 is 10.6 Å².